The Morgan fingerprint density at radius 3 is 2.52 bits per heavy atom. The van der Waals surface area contributed by atoms with Crippen LogP contribution in [0.25, 0.3) is 0 Å². The van der Waals surface area contributed by atoms with E-state index in [4.69, 9.17) is 9.47 Å². The number of methoxy groups -OCH3 is 1. The Morgan fingerprint density at radius 1 is 1.00 bits per heavy atom. The van der Waals surface area contributed by atoms with Crippen LogP contribution < -0.4 is 20.3 Å². The minimum atomic E-state index is -0.457. The fraction of sp³-hybridized carbons (Fsp3) is 0.263. The number of hydrazine groups is 1. The first kappa shape index (κ1) is 18.3. The molecule has 0 fully saturated rings. The van der Waals surface area contributed by atoms with Gasteiger partial charge in [-0.2, -0.15) is 0 Å². The van der Waals surface area contributed by atoms with Crippen molar-refractivity contribution in [3.63, 3.8) is 0 Å². The number of benzene rings is 2. The smallest absolute Gasteiger partial charge is 0.273 e. The zero-order valence-corrected chi connectivity index (χ0v) is 14.4. The highest BCUT2D eigenvalue weighted by molar-refractivity contribution is 6.00. The maximum absolute atomic E-state index is 12.2. The van der Waals surface area contributed by atoms with Gasteiger partial charge in [0.25, 0.3) is 11.8 Å². The summed E-state index contributed by atoms with van der Waals surface area (Å²) in [5.74, 6) is 0.170. The third kappa shape index (κ3) is 5.24. The van der Waals surface area contributed by atoms with E-state index in [1.807, 2.05) is 0 Å². The molecule has 132 valence electrons. The number of hydrogen-bond acceptors (Lipinski definition) is 4. The van der Waals surface area contributed by atoms with Crippen molar-refractivity contribution in [3.8, 4) is 11.5 Å². The summed E-state index contributed by atoms with van der Waals surface area (Å²) in [4.78, 5) is 24.4. The van der Waals surface area contributed by atoms with E-state index in [0.29, 0.717) is 29.2 Å². The van der Waals surface area contributed by atoms with Gasteiger partial charge in [-0.1, -0.05) is 31.5 Å². The Balaban J connectivity index is 1.95. The summed E-state index contributed by atoms with van der Waals surface area (Å²) >= 11 is 0. The molecule has 0 unspecified atom stereocenters. The summed E-state index contributed by atoms with van der Waals surface area (Å²) in [6, 6.07) is 13.6. The predicted molar refractivity (Wildman–Crippen MR) is 94.8 cm³/mol. The molecule has 6 nitrogen and oxygen atoms in total. The summed E-state index contributed by atoms with van der Waals surface area (Å²) in [6.45, 7) is 2.68. The van der Waals surface area contributed by atoms with Crippen molar-refractivity contribution in [2.75, 3.05) is 13.7 Å². The lowest BCUT2D eigenvalue weighted by Gasteiger charge is -2.11. The number of rotatable bonds is 7. The van der Waals surface area contributed by atoms with Crippen LogP contribution in [0.4, 0.5) is 0 Å². The molecule has 0 aliphatic rings. The Morgan fingerprint density at radius 2 is 1.76 bits per heavy atom. The fourth-order valence-corrected chi connectivity index (χ4v) is 2.15. The SMILES string of the molecule is CCCCOc1cccc(C(=O)NNC(=O)c2ccccc2OC)c1. The van der Waals surface area contributed by atoms with E-state index in [-0.39, 0.29) is 0 Å². The summed E-state index contributed by atoms with van der Waals surface area (Å²) in [7, 11) is 1.48. The van der Waals surface area contributed by atoms with Gasteiger partial charge in [0.1, 0.15) is 11.5 Å². The number of hydrogen-bond donors (Lipinski definition) is 2. The van der Waals surface area contributed by atoms with Crippen LogP contribution in [-0.2, 0) is 0 Å². The Hall–Kier alpha value is -3.02. The minimum Gasteiger partial charge on any atom is -0.496 e. The minimum absolute atomic E-state index is 0.335. The van der Waals surface area contributed by atoms with Crippen LogP contribution in [0.2, 0.25) is 0 Å². The van der Waals surface area contributed by atoms with E-state index in [9.17, 15) is 9.59 Å². The Kier molecular flexibility index (Phi) is 6.83. The molecule has 2 rings (SSSR count). The highest BCUT2D eigenvalue weighted by Gasteiger charge is 2.13. The van der Waals surface area contributed by atoms with Gasteiger partial charge in [-0.05, 0) is 36.8 Å². The molecule has 0 saturated carbocycles. The van der Waals surface area contributed by atoms with Crippen LogP contribution in [0, 0.1) is 0 Å². The van der Waals surface area contributed by atoms with Gasteiger partial charge in [0.2, 0.25) is 0 Å². The highest BCUT2D eigenvalue weighted by Crippen LogP contribution is 2.17. The van der Waals surface area contributed by atoms with E-state index in [1.54, 1.807) is 48.5 Å². The third-order valence-corrected chi connectivity index (χ3v) is 3.50. The molecular formula is C19H22N2O4. The van der Waals surface area contributed by atoms with Gasteiger partial charge >= 0.3 is 0 Å². The normalized spacial score (nSPS) is 10.0. The van der Waals surface area contributed by atoms with Gasteiger partial charge in [-0.25, -0.2) is 0 Å². The van der Waals surface area contributed by atoms with Crippen LogP contribution >= 0.6 is 0 Å². The summed E-state index contributed by atoms with van der Waals surface area (Å²) in [5.41, 5.74) is 5.51. The van der Waals surface area contributed by atoms with E-state index in [2.05, 4.69) is 17.8 Å². The van der Waals surface area contributed by atoms with E-state index < -0.39 is 11.8 Å². The zero-order valence-electron chi connectivity index (χ0n) is 14.4. The molecule has 0 radical (unpaired) electrons. The van der Waals surface area contributed by atoms with Crippen molar-refractivity contribution in [2.24, 2.45) is 0 Å². The van der Waals surface area contributed by atoms with Gasteiger partial charge in [0.15, 0.2) is 0 Å². The number of nitrogens with one attached hydrogen (secondary N) is 2. The average molecular weight is 342 g/mol. The molecule has 6 heteroatoms. The van der Waals surface area contributed by atoms with Crippen LogP contribution in [-0.4, -0.2) is 25.5 Å². The van der Waals surface area contributed by atoms with Crippen molar-refractivity contribution >= 4 is 11.8 Å². The molecule has 25 heavy (non-hydrogen) atoms. The first-order valence-electron chi connectivity index (χ1n) is 8.12. The van der Waals surface area contributed by atoms with Gasteiger partial charge in [-0.15, -0.1) is 0 Å². The van der Waals surface area contributed by atoms with Gasteiger partial charge in [0.05, 0.1) is 19.3 Å². The first-order valence-corrected chi connectivity index (χ1v) is 8.12. The second-order valence-corrected chi connectivity index (χ2v) is 5.34. The lowest BCUT2D eigenvalue weighted by molar-refractivity contribution is 0.0844. The van der Waals surface area contributed by atoms with E-state index >= 15 is 0 Å². The molecule has 2 N–H and O–H groups in total. The molecule has 2 aromatic rings. The zero-order chi connectivity index (χ0) is 18.1. The number of ether oxygens (including phenoxy) is 2. The number of para-hydroxylation sites is 1. The molecule has 0 spiro atoms. The molecule has 0 aliphatic heterocycles. The summed E-state index contributed by atoms with van der Waals surface area (Å²) in [6.07, 6.45) is 1.99. The van der Waals surface area contributed by atoms with Crippen molar-refractivity contribution in [1.29, 1.82) is 0 Å². The summed E-state index contributed by atoms with van der Waals surface area (Å²) in [5, 5.41) is 0. The molecule has 0 atom stereocenters. The molecule has 0 aromatic heterocycles. The molecule has 2 aromatic carbocycles. The van der Waals surface area contributed by atoms with E-state index in [1.165, 1.54) is 7.11 Å². The molecule has 0 aliphatic carbocycles. The third-order valence-electron chi connectivity index (χ3n) is 3.50. The van der Waals surface area contributed by atoms with Crippen molar-refractivity contribution < 1.29 is 19.1 Å². The number of amides is 2. The van der Waals surface area contributed by atoms with Gasteiger partial charge < -0.3 is 9.47 Å². The Bertz CT molecular complexity index is 731. The molecule has 0 saturated heterocycles. The second kappa shape index (κ2) is 9.32. The topological polar surface area (TPSA) is 76.7 Å². The van der Waals surface area contributed by atoms with Crippen molar-refractivity contribution in [3.05, 3.63) is 59.7 Å². The molecule has 0 heterocycles. The largest absolute Gasteiger partial charge is 0.496 e. The lowest BCUT2D eigenvalue weighted by Crippen LogP contribution is -2.41. The van der Waals surface area contributed by atoms with Crippen molar-refractivity contribution in [2.45, 2.75) is 19.8 Å². The number of unbranched alkanes of at least 4 members (excludes halogenated alkanes) is 1. The molecule has 2 amide bonds. The quantitative estimate of drug-likeness (QED) is 0.599. The standard InChI is InChI=1S/C19H22N2O4/c1-3-4-12-25-15-9-7-8-14(13-15)18(22)20-21-19(23)16-10-5-6-11-17(16)24-2/h5-11,13H,3-4,12H2,1-2H3,(H,20,22)(H,21,23). The van der Waals surface area contributed by atoms with Crippen LogP contribution in [0.15, 0.2) is 48.5 Å². The van der Waals surface area contributed by atoms with Crippen molar-refractivity contribution in [1.82, 2.24) is 10.9 Å². The van der Waals surface area contributed by atoms with Crippen LogP contribution in [0.3, 0.4) is 0 Å². The maximum atomic E-state index is 12.2. The fourth-order valence-electron chi connectivity index (χ4n) is 2.15. The molecular weight excluding hydrogens is 320 g/mol. The van der Waals surface area contributed by atoms with Crippen LogP contribution in [0.1, 0.15) is 40.5 Å². The lowest BCUT2D eigenvalue weighted by atomic mass is 10.2. The first-order chi connectivity index (χ1) is 12.2. The van der Waals surface area contributed by atoms with Crippen LogP contribution in [0.5, 0.6) is 11.5 Å². The Labute approximate surface area is 147 Å². The molecule has 0 bridgehead atoms. The highest BCUT2D eigenvalue weighted by atomic mass is 16.5. The van der Waals surface area contributed by atoms with Gasteiger partial charge in [0, 0.05) is 5.56 Å². The monoisotopic (exact) mass is 342 g/mol. The predicted octanol–water partition coefficient (Wildman–Crippen LogP) is 2.95. The average Bonchev–Trinajstić information content (AvgIpc) is 2.66. The maximum Gasteiger partial charge on any atom is 0.273 e. The summed E-state index contributed by atoms with van der Waals surface area (Å²) < 4.78 is 10.7. The van der Waals surface area contributed by atoms with Gasteiger partial charge in [-0.3, -0.25) is 20.4 Å². The second-order valence-electron chi connectivity index (χ2n) is 5.34. The van der Waals surface area contributed by atoms with E-state index in [0.717, 1.165) is 12.8 Å². The number of carbonyl (C=O) groups is 2. The number of carbonyl (C=O) groups excluding carboxylic acids is 2.